The molecule has 0 spiro atoms. The molecule has 5 heteroatoms. The monoisotopic (exact) mass is 272 g/mol. The van der Waals surface area contributed by atoms with Crippen molar-refractivity contribution in [3.05, 3.63) is 0 Å². The van der Waals surface area contributed by atoms with Crippen LogP contribution >= 0.6 is 0 Å². The number of carboxylic acids is 1. The largest absolute Gasteiger partial charge is 0.481 e. The molecule has 0 aromatic rings. The molecular weight excluding hydrogens is 244 g/mol. The number of rotatable bonds is 10. The summed E-state index contributed by atoms with van der Waals surface area (Å²) in [5.74, 6) is -0.353. The van der Waals surface area contributed by atoms with Gasteiger partial charge in [-0.2, -0.15) is 0 Å². The minimum atomic E-state index is -0.763. The van der Waals surface area contributed by atoms with Crippen molar-refractivity contribution < 1.29 is 14.7 Å². The molecule has 0 radical (unpaired) electrons. The molecule has 3 atom stereocenters. The van der Waals surface area contributed by atoms with Crippen LogP contribution in [0, 0.1) is 11.8 Å². The van der Waals surface area contributed by atoms with Gasteiger partial charge < -0.3 is 16.2 Å². The lowest BCUT2D eigenvalue weighted by molar-refractivity contribution is -0.137. The maximum atomic E-state index is 11.7. The van der Waals surface area contributed by atoms with Crippen LogP contribution in [0.1, 0.15) is 52.9 Å². The standard InChI is InChI=1S/C14H28N2O3/c1-4-10(3)13(15)14(19)16-9-8-11(5-2)6-7-12(17)18/h10-11,13H,4-9,15H2,1-3H3,(H,16,19)(H,17,18)/t10?,11?,13-/m0/s1. The first-order chi connectivity index (χ1) is 8.92. The van der Waals surface area contributed by atoms with Crippen LogP contribution in [0.5, 0.6) is 0 Å². The van der Waals surface area contributed by atoms with Crippen LogP contribution < -0.4 is 11.1 Å². The Hall–Kier alpha value is -1.10. The molecule has 1 amide bonds. The Morgan fingerprint density at radius 1 is 1.21 bits per heavy atom. The quantitative estimate of drug-likeness (QED) is 0.565. The van der Waals surface area contributed by atoms with E-state index in [-0.39, 0.29) is 18.2 Å². The smallest absolute Gasteiger partial charge is 0.303 e. The molecule has 0 aliphatic carbocycles. The number of amides is 1. The molecule has 0 aliphatic heterocycles. The SMILES string of the molecule is CCC(CCNC(=O)[C@@H](N)C(C)CC)CCC(=O)O. The van der Waals surface area contributed by atoms with Crippen molar-refractivity contribution in [3.8, 4) is 0 Å². The number of nitrogens with two attached hydrogens (primary N) is 1. The Balaban J connectivity index is 3.92. The van der Waals surface area contributed by atoms with Gasteiger partial charge in [0.15, 0.2) is 0 Å². The molecule has 5 nitrogen and oxygen atoms in total. The van der Waals surface area contributed by atoms with Gasteiger partial charge >= 0.3 is 5.97 Å². The molecule has 0 saturated heterocycles. The van der Waals surface area contributed by atoms with E-state index in [2.05, 4.69) is 5.32 Å². The van der Waals surface area contributed by atoms with E-state index in [4.69, 9.17) is 10.8 Å². The number of carbonyl (C=O) groups is 2. The van der Waals surface area contributed by atoms with Gasteiger partial charge in [0.05, 0.1) is 6.04 Å². The zero-order valence-corrected chi connectivity index (χ0v) is 12.3. The normalized spacial score (nSPS) is 15.6. The van der Waals surface area contributed by atoms with Crippen LogP contribution in [0.15, 0.2) is 0 Å². The molecule has 0 aromatic heterocycles. The molecule has 0 heterocycles. The highest BCUT2D eigenvalue weighted by Gasteiger charge is 2.19. The van der Waals surface area contributed by atoms with E-state index in [1.165, 1.54) is 0 Å². The number of carboxylic acid groups (broad SMARTS) is 1. The van der Waals surface area contributed by atoms with Gasteiger partial charge in [-0.25, -0.2) is 0 Å². The van der Waals surface area contributed by atoms with Gasteiger partial charge in [0.2, 0.25) is 5.91 Å². The van der Waals surface area contributed by atoms with Crippen LogP contribution in [0.4, 0.5) is 0 Å². The van der Waals surface area contributed by atoms with Gasteiger partial charge in [-0.15, -0.1) is 0 Å². The predicted octanol–water partition coefficient (Wildman–Crippen LogP) is 1.76. The van der Waals surface area contributed by atoms with Crippen LogP contribution in [0.3, 0.4) is 0 Å². The fourth-order valence-corrected chi connectivity index (χ4v) is 1.91. The molecule has 0 bridgehead atoms. The number of hydrogen-bond donors (Lipinski definition) is 3. The van der Waals surface area contributed by atoms with Gasteiger partial charge in [-0.1, -0.05) is 33.6 Å². The highest BCUT2D eigenvalue weighted by Crippen LogP contribution is 2.14. The average Bonchev–Trinajstić information content (AvgIpc) is 2.40. The topological polar surface area (TPSA) is 92.4 Å². The second kappa shape index (κ2) is 9.78. The zero-order chi connectivity index (χ0) is 14.8. The Morgan fingerprint density at radius 3 is 2.32 bits per heavy atom. The van der Waals surface area contributed by atoms with E-state index in [0.717, 1.165) is 19.3 Å². The van der Waals surface area contributed by atoms with E-state index in [9.17, 15) is 9.59 Å². The summed E-state index contributed by atoms with van der Waals surface area (Å²) in [5, 5.41) is 11.5. The maximum absolute atomic E-state index is 11.7. The summed E-state index contributed by atoms with van der Waals surface area (Å²) in [7, 11) is 0. The maximum Gasteiger partial charge on any atom is 0.303 e. The highest BCUT2D eigenvalue weighted by atomic mass is 16.4. The third-order valence-electron chi connectivity index (χ3n) is 3.76. The van der Waals surface area contributed by atoms with Crippen molar-refractivity contribution in [1.82, 2.24) is 5.32 Å². The Labute approximate surface area is 115 Å². The van der Waals surface area contributed by atoms with Gasteiger partial charge in [-0.05, 0) is 24.7 Å². The number of carbonyl (C=O) groups excluding carboxylic acids is 1. The molecule has 4 N–H and O–H groups in total. The van der Waals surface area contributed by atoms with E-state index in [1.54, 1.807) is 0 Å². The van der Waals surface area contributed by atoms with Crippen LogP contribution in [0.25, 0.3) is 0 Å². The van der Waals surface area contributed by atoms with Crippen molar-refractivity contribution >= 4 is 11.9 Å². The molecule has 0 saturated carbocycles. The van der Waals surface area contributed by atoms with E-state index < -0.39 is 12.0 Å². The van der Waals surface area contributed by atoms with Gasteiger partial charge in [-0.3, -0.25) is 9.59 Å². The van der Waals surface area contributed by atoms with Gasteiger partial charge in [0.25, 0.3) is 0 Å². The summed E-state index contributed by atoms with van der Waals surface area (Å²) in [6.07, 6.45) is 3.48. The Morgan fingerprint density at radius 2 is 1.84 bits per heavy atom. The molecule has 0 aromatic carbocycles. The summed E-state index contributed by atoms with van der Waals surface area (Å²) in [6.45, 7) is 6.59. The second-order valence-electron chi connectivity index (χ2n) is 5.20. The Bertz CT molecular complexity index is 282. The van der Waals surface area contributed by atoms with E-state index in [1.807, 2.05) is 20.8 Å². The molecule has 0 rings (SSSR count). The molecule has 19 heavy (non-hydrogen) atoms. The average molecular weight is 272 g/mol. The molecular formula is C14H28N2O3. The first-order valence-corrected chi connectivity index (χ1v) is 7.17. The van der Waals surface area contributed by atoms with E-state index in [0.29, 0.717) is 18.9 Å². The first-order valence-electron chi connectivity index (χ1n) is 7.17. The Kier molecular flexibility index (Phi) is 9.21. The number of aliphatic carboxylic acids is 1. The minimum Gasteiger partial charge on any atom is -0.481 e. The summed E-state index contributed by atoms with van der Waals surface area (Å²) in [6, 6.07) is -0.455. The minimum absolute atomic E-state index is 0.109. The lowest BCUT2D eigenvalue weighted by atomic mass is 9.96. The zero-order valence-electron chi connectivity index (χ0n) is 12.3. The van der Waals surface area contributed by atoms with Crippen molar-refractivity contribution in [2.45, 2.75) is 58.9 Å². The molecule has 0 aliphatic rings. The lowest BCUT2D eigenvalue weighted by Gasteiger charge is -2.19. The van der Waals surface area contributed by atoms with Crippen LogP contribution in [-0.4, -0.2) is 29.6 Å². The van der Waals surface area contributed by atoms with Crippen molar-refractivity contribution in [2.24, 2.45) is 17.6 Å². The molecule has 2 unspecified atom stereocenters. The van der Waals surface area contributed by atoms with Crippen molar-refractivity contribution in [1.29, 1.82) is 0 Å². The lowest BCUT2D eigenvalue weighted by Crippen LogP contribution is -2.45. The van der Waals surface area contributed by atoms with E-state index >= 15 is 0 Å². The summed E-state index contributed by atoms with van der Waals surface area (Å²) in [5.41, 5.74) is 5.83. The molecule has 112 valence electrons. The summed E-state index contributed by atoms with van der Waals surface area (Å²) in [4.78, 5) is 22.3. The number of nitrogens with one attached hydrogen (secondary N) is 1. The van der Waals surface area contributed by atoms with Crippen LogP contribution in [-0.2, 0) is 9.59 Å². The summed E-state index contributed by atoms with van der Waals surface area (Å²) < 4.78 is 0. The van der Waals surface area contributed by atoms with Crippen molar-refractivity contribution in [3.63, 3.8) is 0 Å². The fraction of sp³-hybridized carbons (Fsp3) is 0.857. The molecule has 0 fully saturated rings. The van der Waals surface area contributed by atoms with Crippen molar-refractivity contribution in [2.75, 3.05) is 6.54 Å². The third kappa shape index (κ3) is 7.82. The third-order valence-corrected chi connectivity index (χ3v) is 3.76. The fourth-order valence-electron chi connectivity index (χ4n) is 1.91. The number of hydrogen-bond acceptors (Lipinski definition) is 3. The summed E-state index contributed by atoms with van der Waals surface area (Å²) >= 11 is 0. The van der Waals surface area contributed by atoms with Gasteiger partial charge in [0.1, 0.15) is 0 Å². The highest BCUT2D eigenvalue weighted by molar-refractivity contribution is 5.81. The van der Waals surface area contributed by atoms with Crippen LogP contribution in [0.2, 0.25) is 0 Å². The van der Waals surface area contributed by atoms with Gasteiger partial charge in [0, 0.05) is 13.0 Å². The first kappa shape index (κ1) is 17.9. The predicted molar refractivity (Wildman–Crippen MR) is 75.7 cm³/mol. The second-order valence-corrected chi connectivity index (χ2v) is 5.20.